The van der Waals surface area contributed by atoms with Crippen molar-refractivity contribution in [3.63, 3.8) is 0 Å². The maximum Gasteiger partial charge on any atom is 0.162 e. The van der Waals surface area contributed by atoms with E-state index in [1.807, 2.05) is 7.11 Å². The molecule has 0 spiro atoms. The Bertz CT molecular complexity index is 489. The zero-order valence-corrected chi connectivity index (χ0v) is 18.0. The molecule has 2 unspecified atom stereocenters. The van der Waals surface area contributed by atoms with Gasteiger partial charge in [-0.1, -0.05) is 80.8 Å². The highest BCUT2D eigenvalue weighted by Gasteiger charge is 2.43. The number of methoxy groups -OCH3 is 1. The van der Waals surface area contributed by atoms with E-state index < -0.39 is 8.07 Å². The molecule has 1 aromatic carbocycles. The Morgan fingerprint density at radius 1 is 1.12 bits per heavy atom. The van der Waals surface area contributed by atoms with Crippen LogP contribution in [0.15, 0.2) is 30.3 Å². The monoisotopic (exact) mass is 362 g/mol. The number of ether oxygens (including phenoxy) is 2. The lowest BCUT2D eigenvalue weighted by Gasteiger charge is -2.45. The molecule has 0 saturated heterocycles. The van der Waals surface area contributed by atoms with E-state index in [2.05, 4.69) is 57.3 Å². The van der Waals surface area contributed by atoms with Crippen molar-refractivity contribution in [1.29, 1.82) is 0 Å². The lowest BCUT2D eigenvalue weighted by Crippen LogP contribution is -2.47. The van der Waals surface area contributed by atoms with Crippen molar-refractivity contribution in [1.82, 2.24) is 0 Å². The molecule has 142 valence electrons. The molecular formula is C22H38O2Si. The van der Waals surface area contributed by atoms with Crippen molar-refractivity contribution >= 4 is 13.3 Å². The van der Waals surface area contributed by atoms with E-state index in [0.29, 0.717) is 0 Å². The fraction of sp³-hybridized carbons (Fsp3) is 0.727. The first-order valence-electron chi connectivity index (χ1n) is 10.1. The molecule has 2 rings (SSSR count). The van der Waals surface area contributed by atoms with Gasteiger partial charge in [0.2, 0.25) is 0 Å². The maximum absolute atomic E-state index is 6.07. The molecule has 0 aromatic heterocycles. The molecule has 0 aliphatic heterocycles. The zero-order valence-electron chi connectivity index (χ0n) is 17.0. The smallest absolute Gasteiger partial charge is 0.162 e. The van der Waals surface area contributed by atoms with Crippen LogP contribution in [0.25, 0.3) is 0 Å². The third-order valence-corrected chi connectivity index (χ3v) is 9.85. The molecule has 1 aliphatic rings. The first-order chi connectivity index (χ1) is 11.9. The van der Waals surface area contributed by atoms with Crippen LogP contribution in [0, 0.1) is 11.3 Å². The van der Waals surface area contributed by atoms with Gasteiger partial charge < -0.3 is 9.47 Å². The van der Waals surface area contributed by atoms with Gasteiger partial charge in [0, 0.05) is 19.1 Å². The van der Waals surface area contributed by atoms with Crippen molar-refractivity contribution < 1.29 is 9.47 Å². The number of benzene rings is 1. The van der Waals surface area contributed by atoms with Crippen LogP contribution in [-0.2, 0) is 9.47 Å². The zero-order chi connectivity index (χ0) is 18.3. The van der Waals surface area contributed by atoms with Crippen LogP contribution < -0.4 is 5.19 Å². The summed E-state index contributed by atoms with van der Waals surface area (Å²) in [4.78, 5) is 0. The molecule has 1 aromatic rings. The number of hydrogen-bond acceptors (Lipinski definition) is 2. The summed E-state index contributed by atoms with van der Waals surface area (Å²) >= 11 is 0. The molecule has 0 bridgehead atoms. The minimum atomic E-state index is -1.45. The van der Waals surface area contributed by atoms with Gasteiger partial charge in [0.05, 0.1) is 8.07 Å². The second kappa shape index (κ2) is 9.34. The Balaban J connectivity index is 2.17. The van der Waals surface area contributed by atoms with Crippen LogP contribution in [-0.4, -0.2) is 28.1 Å². The quantitative estimate of drug-likeness (QED) is 0.421. The highest BCUT2D eigenvalue weighted by atomic mass is 28.3. The van der Waals surface area contributed by atoms with Crippen molar-refractivity contribution in [3.8, 4) is 0 Å². The predicted molar refractivity (Wildman–Crippen MR) is 110 cm³/mol. The first kappa shape index (κ1) is 20.7. The molecule has 1 fully saturated rings. The van der Waals surface area contributed by atoms with Crippen LogP contribution in [0.3, 0.4) is 0 Å². The Morgan fingerprint density at radius 3 is 2.32 bits per heavy atom. The largest absolute Gasteiger partial charge is 0.355 e. The molecule has 2 atom stereocenters. The lowest BCUT2D eigenvalue weighted by molar-refractivity contribution is -0.207. The molecule has 0 amide bonds. The Labute approximate surface area is 156 Å². The summed E-state index contributed by atoms with van der Waals surface area (Å²) in [6.45, 7) is 10.2. The summed E-state index contributed by atoms with van der Waals surface area (Å²) < 4.78 is 11.9. The van der Waals surface area contributed by atoms with Gasteiger partial charge in [-0.2, -0.15) is 0 Å². The average Bonchev–Trinajstić information content (AvgIpc) is 2.65. The third-order valence-electron chi connectivity index (χ3n) is 6.45. The van der Waals surface area contributed by atoms with E-state index in [0.717, 1.165) is 12.5 Å². The van der Waals surface area contributed by atoms with Crippen LogP contribution >= 0.6 is 0 Å². The molecule has 3 heteroatoms. The first-order valence-corrected chi connectivity index (χ1v) is 13.3. The van der Waals surface area contributed by atoms with Gasteiger partial charge in [0.25, 0.3) is 0 Å². The molecule has 1 aliphatic carbocycles. The van der Waals surface area contributed by atoms with Crippen LogP contribution in [0.1, 0.15) is 52.4 Å². The molecule has 0 N–H and O–H groups in total. The summed E-state index contributed by atoms with van der Waals surface area (Å²) in [5, 5.41) is 1.56. The number of hydrogen-bond donors (Lipinski definition) is 0. The van der Waals surface area contributed by atoms with Crippen molar-refractivity contribution in [2.45, 2.75) is 77.8 Å². The fourth-order valence-corrected chi connectivity index (χ4v) is 7.12. The second-order valence-electron chi connectivity index (χ2n) is 8.61. The van der Waals surface area contributed by atoms with Gasteiger partial charge in [0.15, 0.2) is 6.29 Å². The minimum absolute atomic E-state index is 0.0822. The second-order valence-corrected chi connectivity index (χ2v) is 13.5. The van der Waals surface area contributed by atoms with E-state index >= 15 is 0 Å². The van der Waals surface area contributed by atoms with Gasteiger partial charge in [-0.3, -0.25) is 0 Å². The average molecular weight is 363 g/mol. The standard InChI is InChI=1S/C22H38O2Si/c1-6-24-21(23-3)22(2,19-13-9-7-10-14-19)17-18-25(4,5)20-15-11-8-12-16-20/h8,11-12,15-16,19,21H,6-7,9-10,13-14,17-18H2,1-5H3. The third kappa shape index (κ3) is 5.18. The Hall–Kier alpha value is -0.643. The minimum Gasteiger partial charge on any atom is -0.355 e. The van der Waals surface area contributed by atoms with Crippen molar-refractivity contribution in [3.05, 3.63) is 30.3 Å². The summed E-state index contributed by atoms with van der Waals surface area (Å²) in [6.07, 6.45) is 7.90. The van der Waals surface area contributed by atoms with E-state index in [4.69, 9.17) is 9.47 Å². The SMILES string of the molecule is CCOC(OC)C(C)(CC[Si](C)(C)c1ccccc1)C1CCCCC1. The van der Waals surface area contributed by atoms with Crippen LogP contribution in [0.2, 0.25) is 19.1 Å². The summed E-state index contributed by atoms with van der Waals surface area (Å²) in [7, 11) is 0.375. The van der Waals surface area contributed by atoms with Gasteiger partial charge in [0.1, 0.15) is 0 Å². The van der Waals surface area contributed by atoms with E-state index in [-0.39, 0.29) is 11.7 Å². The Kier molecular flexibility index (Phi) is 7.72. The lowest BCUT2D eigenvalue weighted by atomic mass is 9.68. The van der Waals surface area contributed by atoms with Crippen LogP contribution in [0.5, 0.6) is 0 Å². The van der Waals surface area contributed by atoms with Crippen molar-refractivity contribution in [2.24, 2.45) is 11.3 Å². The highest BCUT2D eigenvalue weighted by Crippen LogP contribution is 2.46. The van der Waals surface area contributed by atoms with E-state index in [1.54, 1.807) is 5.19 Å². The summed E-state index contributed by atoms with van der Waals surface area (Å²) in [5.41, 5.74) is 0.115. The molecule has 1 saturated carbocycles. The van der Waals surface area contributed by atoms with Crippen molar-refractivity contribution in [2.75, 3.05) is 13.7 Å². The van der Waals surface area contributed by atoms with Gasteiger partial charge >= 0.3 is 0 Å². The topological polar surface area (TPSA) is 18.5 Å². The molecule has 0 heterocycles. The normalized spacial score (nSPS) is 20.2. The summed E-state index contributed by atoms with van der Waals surface area (Å²) in [5.74, 6) is 0.721. The predicted octanol–water partition coefficient (Wildman–Crippen LogP) is 5.59. The van der Waals surface area contributed by atoms with Gasteiger partial charge in [-0.15, -0.1) is 0 Å². The number of rotatable bonds is 9. The maximum atomic E-state index is 6.07. The molecule has 2 nitrogen and oxygen atoms in total. The Morgan fingerprint density at radius 2 is 1.76 bits per heavy atom. The van der Waals surface area contributed by atoms with Gasteiger partial charge in [-0.05, 0) is 32.1 Å². The highest BCUT2D eigenvalue weighted by molar-refractivity contribution is 6.89. The molecule has 0 radical (unpaired) electrons. The molecular weight excluding hydrogens is 324 g/mol. The van der Waals surface area contributed by atoms with E-state index in [1.165, 1.54) is 44.6 Å². The van der Waals surface area contributed by atoms with Crippen LogP contribution in [0.4, 0.5) is 0 Å². The fourth-order valence-electron chi connectivity index (χ4n) is 4.57. The summed E-state index contributed by atoms with van der Waals surface area (Å²) in [6, 6.07) is 12.4. The van der Waals surface area contributed by atoms with E-state index in [9.17, 15) is 0 Å². The molecule has 25 heavy (non-hydrogen) atoms. The van der Waals surface area contributed by atoms with Gasteiger partial charge in [-0.25, -0.2) is 0 Å².